The van der Waals surface area contributed by atoms with Crippen LogP contribution in [0.3, 0.4) is 0 Å². The topological polar surface area (TPSA) is 92.6 Å². The molecular formula is C22H25ClN6OS. The molecule has 4 rings (SSSR count). The van der Waals surface area contributed by atoms with Gasteiger partial charge in [-0.05, 0) is 37.1 Å². The lowest BCUT2D eigenvalue weighted by Crippen LogP contribution is -2.50. The Bertz CT molecular complexity index is 1010. The van der Waals surface area contributed by atoms with E-state index in [1.165, 1.54) is 11.8 Å². The molecule has 0 bridgehead atoms. The van der Waals surface area contributed by atoms with Gasteiger partial charge in [0.05, 0.1) is 17.4 Å². The summed E-state index contributed by atoms with van der Waals surface area (Å²) in [6.45, 7) is 4.44. The maximum absolute atomic E-state index is 12.5. The van der Waals surface area contributed by atoms with Gasteiger partial charge in [-0.3, -0.25) is 20.5 Å². The number of nitrogens with zero attached hydrogens (tertiary/aromatic N) is 2. The number of carbonyl (C=O) groups is 1. The second-order valence-electron chi connectivity index (χ2n) is 7.62. The number of rotatable bonds is 5. The molecule has 162 valence electrons. The van der Waals surface area contributed by atoms with E-state index in [2.05, 4.69) is 16.2 Å². The number of halogens is 1. The number of carbonyl (C=O) groups excluding carboxylic acids is 1. The van der Waals surface area contributed by atoms with Crippen LogP contribution in [0, 0.1) is 18.3 Å². The Hall–Kier alpha value is -2.39. The molecule has 2 aromatic rings. The largest absolute Gasteiger partial charge is 0.351 e. The van der Waals surface area contributed by atoms with Gasteiger partial charge in [-0.2, -0.15) is 0 Å². The summed E-state index contributed by atoms with van der Waals surface area (Å²) in [5, 5.41) is 13.1. The van der Waals surface area contributed by atoms with E-state index < -0.39 is 0 Å². The van der Waals surface area contributed by atoms with Crippen LogP contribution in [0.1, 0.15) is 18.1 Å². The van der Waals surface area contributed by atoms with E-state index in [1.54, 1.807) is 0 Å². The summed E-state index contributed by atoms with van der Waals surface area (Å²) in [5.41, 5.74) is 9.07. The first-order valence-electron chi connectivity index (χ1n) is 10.1. The normalized spacial score (nSPS) is 22.8. The molecule has 0 aliphatic carbocycles. The molecule has 1 amide bonds. The highest BCUT2D eigenvalue weighted by atomic mass is 35.5. The summed E-state index contributed by atoms with van der Waals surface area (Å²) in [6.07, 6.45) is -0.242. The minimum Gasteiger partial charge on any atom is -0.351 e. The predicted molar refractivity (Wildman–Crippen MR) is 128 cm³/mol. The summed E-state index contributed by atoms with van der Waals surface area (Å²) < 4.78 is 0. The van der Waals surface area contributed by atoms with Crippen molar-refractivity contribution in [2.75, 3.05) is 10.7 Å². The lowest BCUT2D eigenvalue weighted by Gasteiger charge is -2.36. The van der Waals surface area contributed by atoms with Crippen molar-refractivity contribution in [1.82, 2.24) is 16.2 Å². The van der Waals surface area contributed by atoms with Crippen molar-refractivity contribution in [1.29, 1.82) is 5.41 Å². The molecule has 2 aliphatic rings. The fourth-order valence-corrected chi connectivity index (χ4v) is 4.79. The number of hydrogen-bond donors (Lipinski definition) is 4. The van der Waals surface area contributed by atoms with Crippen LogP contribution >= 0.6 is 23.4 Å². The van der Waals surface area contributed by atoms with Crippen LogP contribution in [0.5, 0.6) is 0 Å². The Kier molecular flexibility index (Phi) is 6.62. The quantitative estimate of drug-likeness (QED) is 0.554. The van der Waals surface area contributed by atoms with Gasteiger partial charge in [-0.1, -0.05) is 59.8 Å². The van der Waals surface area contributed by atoms with Gasteiger partial charge in [-0.25, -0.2) is 10.4 Å². The zero-order valence-corrected chi connectivity index (χ0v) is 18.9. The first kappa shape index (κ1) is 21.8. The number of benzene rings is 2. The minimum atomic E-state index is -0.242. The Morgan fingerprint density at radius 1 is 1.23 bits per heavy atom. The molecule has 3 atom stereocenters. The monoisotopic (exact) mass is 456 g/mol. The van der Waals surface area contributed by atoms with Gasteiger partial charge >= 0.3 is 0 Å². The second-order valence-corrected chi connectivity index (χ2v) is 8.96. The summed E-state index contributed by atoms with van der Waals surface area (Å²) in [6, 6.07) is 15.5. The summed E-state index contributed by atoms with van der Waals surface area (Å²) in [5.74, 6) is 0.436. The van der Waals surface area contributed by atoms with Gasteiger partial charge in [0, 0.05) is 17.6 Å². The van der Waals surface area contributed by atoms with Gasteiger partial charge in [0.25, 0.3) is 0 Å². The molecule has 4 N–H and O–H groups in total. The first-order valence-corrected chi connectivity index (χ1v) is 11.5. The smallest absolute Gasteiger partial charge is 0.230 e. The summed E-state index contributed by atoms with van der Waals surface area (Å²) >= 11 is 7.69. The van der Waals surface area contributed by atoms with Crippen molar-refractivity contribution in [3.05, 3.63) is 64.7 Å². The Balaban J connectivity index is 1.53. The number of fused-ring (bicyclic) bond motifs is 1. The third-order valence-corrected chi connectivity index (χ3v) is 6.84. The third-order valence-electron chi connectivity index (χ3n) is 5.48. The zero-order valence-electron chi connectivity index (χ0n) is 17.4. The molecule has 7 nitrogen and oxygen atoms in total. The number of amides is 1. The van der Waals surface area contributed by atoms with Crippen LogP contribution in [-0.4, -0.2) is 34.9 Å². The van der Waals surface area contributed by atoms with Gasteiger partial charge in [0.15, 0.2) is 5.17 Å². The number of aliphatic imine (C=N–C) groups is 1. The molecule has 0 spiro atoms. The highest BCUT2D eigenvalue weighted by molar-refractivity contribution is 8.14. The number of hydrogen-bond acceptors (Lipinski definition) is 6. The Morgan fingerprint density at radius 3 is 2.77 bits per heavy atom. The molecule has 1 fully saturated rings. The second kappa shape index (κ2) is 9.40. The highest BCUT2D eigenvalue weighted by Crippen LogP contribution is 2.35. The number of amidine groups is 2. The lowest BCUT2D eigenvalue weighted by atomic mass is 9.96. The number of nitrogens with one attached hydrogen (secondary N) is 4. The van der Waals surface area contributed by atoms with E-state index in [9.17, 15) is 4.79 Å². The lowest BCUT2D eigenvalue weighted by molar-refractivity contribution is -0.118. The maximum Gasteiger partial charge on any atom is 0.230 e. The number of anilines is 1. The SMILES string of the molecule is Cc1c(Cl)cccc1N1C(=N)C2C(C)NNC2N=C1SCC(=O)NCc1ccccc1. The van der Waals surface area contributed by atoms with Crippen LogP contribution < -0.4 is 21.1 Å². The van der Waals surface area contributed by atoms with Crippen molar-refractivity contribution in [3.63, 3.8) is 0 Å². The molecule has 1 saturated heterocycles. The molecule has 2 heterocycles. The highest BCUT2D eigenvalue weighted by Gasteiger charge is 2.44. The van der Waals surface area contributed by atoms with E-state index in [1.807, 2.05) is 67.3 Å². The fraction of sp³-hybridized carbons (Fsp3) is 0.318. The maximum atomic E-state index is 12.5. The van der Waals surface area contributed by atoms with Gasteiger partial charge in [-0.15, -0.1) is 0 Å². The van der Waals surface area contributed by atoms with E-state index in [0.717, 1.165) is 16.8 Å². The van der Waals surface area contributed by atoms with Crippen LogP contribution in [0.2, 0.25) is 5.02 Å². The van der Waals surface area contributed by atoms with Crippen molar-refractivity contribution in [2.45, 2.75) is 32.6 Å². The van der Waals surface area contributed by atoms with Crippen LogP contribution in [-0.2, 0) is 11.3 Å². The average Bonchev–Trinajstić information content (AvgIpc) is 3.15. The van der Waals surface area contributed by atoms with E-state index in [0.29, 0.717) is 22.6 Å². The molecule has 2 aromatic carbocycles. The van der Waals surface area contributed by atoms with E-state index in [4.69, 9.17) is 22.0 Å². The first-order chi connectivity index (χ1) is 15.0. The van der Waals surface area contributed by atoms with Crippen molar-refractivity contribution < 1.29 is 4.79 Å². The standard InChI is InChI=1S/C22H25ClN6OS/c1-13-16(23)9-6-10-17(13)29-20(24)19-14(2)27-28-21(19)26-22(29)31-12-18(30)25-11-15-7-4-3-5-8-15/h3-10,14,19,21,24,27-28H,11-12H2,1-2H3,(H,25,30). The number of thioether (sulfide) groups is 1. The molecule has 0 aromatic heterocycles. The van der Waals surface area contributed by atoms with Crippen molar-refractivity contribution in [2.24, 2.45) is 10.9 Å². The number of hydrazine groups is 1. The molecule has 31 heavy (non-hydrogen) atoms. The molecule has 2 aliphatic heterocycles. The minimum absolute atomic E-state index is 0.0592. The predicted octanol–water partition coefficient (Wildman–Crippen LogP) is 3.29. The van der Waals surface area contributed by atoms with Crippen LogP contribution in [0.15, 0.2) is 53.5 Å². The van der Waals surface area contributed by atoms with Gasteiger partial charge in [0.2, 0.25) is 5.91 Å². The Morgan fingerprint density at radius 2 is 2.00 bits per heavy atom. The molecular weight excluding hydrogens is 432 g/mol. The van der Waals surface area contributed by atoms with E-state index >= 15 is 0 Å². The average molecular weight is 457 g/mol. The van der Waals surface area contributed by atoms with E-state index in [-0.39, 0.29) is 29.8 Å². The fourth-order valence-electron chi connectivity index (χ4n) is 3.75. The summed E-state index contributed by atoms with van der Waals surface area (Å²) in [4.78, 5) is 19.1. The molecule has 3 unspecified atom stereocenters. The van der Waals surface area contributed by atoms with Crippen LogP contribution in [0.25, 0.3) is 0 Å². The van der Waals surface area contributed by atoms with Crippen molar-refractivity contribution >= 4 is 46.0 Å². The van der Waals surface area contributed by atoms with Crippen molar-refractivity contribution in [3.8, 4) is 0 Å². The molecule has 0 saturated carbocycles. The zero-order chi connectivity index (χ0) is 22.0. The van der Waals surface area contributed by atoms with Crippen LogP contribution in [0.4, 0.5) is 5.69 Å². The third kappa shape index (κ3) is 4.62. The molecule has 9 heteroatoms. The van der Waals surface area contributed by atoms with Gasteiger partial charge < -0.3 is 5.32 Å². The Labute approximate surface area is 191 Å². The summed E-state index contributed by atoms with van der Waals surface area (Å²) in [7, 11) is 0. The van der Waals surface area contributed by atoms with Gasteiger partial charge in [0.1, 0.15) is 12.0 Å². The molecule has 0 radical (unpaired) electrons.